The third kappa shape index (κ3) is 4.34. The van der Waals surface area contributed by atoms with Crippen LogP contribution in [0.25, 0.3) is 6.08 Å². The zero-order chi connectivity index (χ0) is 15.4. The maximum absolute atomic E-state index is 10.6. The molecule has 0 saturated heterocycles. The summed E-state index contributed by atoms with van der Waals surface area (Å²) in [5.41, 5.74) is 1.74. The highest BCUT2D eigenvalue weighted by Crippen LogP contribution is 2.34. The summed E-state index contributed by atoms with van der Waals surface area (Å²) in [5, 5.41) is 9.24. The van der Waals surface area contributed by atoms with Crippen LogP contribution in [0, 0.1) is 6.92 Å². The molecule has 0 aliphatic carbocycles. The normalized spacial score (nSPS) is 10.8. The lowest BCUT2D eigenvalue weighted by atomic mass is 10.2. The molecular weight excluding hydrogens is 356 g/mol. The van der Waals surface area contributed by atoms with Gasteiger partial charge in [-0.05, 0) is 58.8 Å². The zero-order valence-electron chi connectivity index (χ0n) is 11.1. The molecule has 108 valence electrons. The lowest BCUT2D eigenvalue weighted by Crippen LogP contribution is -1.91. The van der Waals surface area contributed by atoms with E-state index in [0.717, 1.165) is 16.1 Å². The van der Waals surface area contributed by atoms with Crippen molar-refractivity contribution in [2.75, 3.05) is 0 Å². The van der Waals surface area contributed by atoms with Crippen molar-refractivity contribution in [3.05, 3.63) is 63.1 Å². The van der Waals surface area contributed by atoms with Crippen LogP contribution in [0.5, 0.6) is 11.5 Å². The van der Waals surface area contributed by atoms with Gasteiger partial charge in [0.1, 0.15) is 11.5 Å². The van der Waals surface area contributed by atoms with Crippen molar-refractivity contribution >= 4 is 39.6 Å². The van der Waals surface area contributed by atoms with Gasteiger partial charge in [-0.1, -0.05) is 17.7 Å². The summed E-state index contributed by atoms with van der Waals surface area (Å²) in [6.07, 6.45) is 2.52. The van der Waals surface area contributed by atoms with Crippen molar-refractivity contribution in [1.29, 1.82) is 0 Å². The molecule has 5 heteroatoms. The largest absolute Gasteiger partial charge is 0.478 e. The maximum Gasteiger partial charge on any atom is 0.328 e. The van der Waals surface area contributed by atoms with Gasteiger partial charge in [0, 0.05) is 22.7 Å². The molecule has 3 nitrogen and oxygen atoms in total. The zero-order valence-corrected chi connectivity index (χ0v) is 13.5. The Morgan fingerprint density at radius 1 is 1.24 bits per heavy atom. The van der Waals surface area contributed by atoms with E-state index >= 15 is 0 Å². The molecule has 0 amide bonds. The summed E-state index contributed by atoms with van der Waals surface area (Å²) in [4.78, 5) is 10.6. The highest BCUT2D eigenvalue weighted by molar-refractivity contribution is 9.10. The number of hydrogen-bond acceptors (Lipinski definition) is 2. The minimum Gasteiger partial charge on any atom is -0.478 e. The highest BCUT2D eigenvalue weighted by atomic mass is 79.9. The average Bonchev–Trinajstić information content (AvgIpc) is 2.41. The van der Waals surface area contributed by atoms with Gasteiger partial charge < -0.3 is 9.84 Å². The SMILES string of the molecule is Cc1ccc(Oc2cc(Cl)ccc2/C=C/C(=O)O)c(Br)c1. The van der Waals surface area contributed by atoms with Crippen LogP contribution in [0.1, 0.15) is 11.1 Å². The molecule has 1 N–H and O–H groups in total. The average molecular weight is 368 g/mol. The van der Waals surface area contributed by atoms with Crippen LogP contribution >= 0.6 is 27.5 Å². The van der Waals surface area contributed by atoms with Gasteiger partial charge in [-0.3, -0.25) is 0 Å². The summed E-state index contributed by atoms with van der Waals surface area (Å²) in [6, 6.07) is 10.7. The maximum atomic E-state index is 10.6. The van der Waals surface area contributed by atoms with E-state index in [9.17, 15) is 4.79 Å². The summed E-state index contributed by atoms with van der Waals surface area (Å²) in [7, 11) is 0. The number of halogens is 2. The van der Waals surface area contributed by atoms with E-state index in [1.165, 1.54) is 6.08 Å². The Morgan fingerprint density at radius 3 is 2.67 bits per heavy atom. The molecular formula is C16H12BrClO3. The molecule has 0 fully saturated rings. The molecule has 2 rings (SSSR count). The molecule has 0 atom stereocenters. The number of rotatable bonds is 4. The molecule has 21 heavy (non-hydrogen) atoms. The Labute approximate surface area is 135 Å². The lowest BCUT2D eigenvalue weighted by molar-refractivity contribution is -0.131. The van der Waals surface area contributed by atoms with Crippen molar-refractivity contribution in [2.45, 2.75) is 6.92 Å². The molecule has 0 saturated carbocycles. The molecule has 0 aliphatic rings. The van der Waals surface area contributed by atoms with Gasteiger partial charge in [-0.25, -0.2) is 4.79 Å². The van der Waals surface area contributed by atoms with Crippen LogP contribution in [-0.4, -0.2) is 11.1 Å². The van der Waals surface area contributed by atoms with Gasteiger partial charge in [-0.15, -0.1) is 0 Å². The number of aliphatic carboxylic acids is 1. The Balaban J connectivity index is 2.38. The smallest absolute Gasteiger partial charge is 0.328 e. The van der Waals surface area contributed by atoms with Crippen molar-refractivity contribution in [1.82, 2.24) is 0 Å². The van der Waals surface area contributed by atoms with E-state index in [0.29, 0.717) is 22.1 Å². The van der Waals surface area contributed by atoms with Gasteiger partial charge in [0.2, 0.25) is 0 Å². The minimum absolute atomic E-state index is 0.490. The van der Waals surface area contributed by atoms with Crippen molar-refractivity contribution in [2.24, 2.45) is 0 Å². The fourth-order valence-corrected chi connectivity index (χ4v) is 2.44. The lowest BCUT2D eigenvalue weighted by Gasteiger charge is -2.11. The number of benzene rings is 2. The van der Waals surface area contributed by atoms with Crippen LogP contribution in [0.3, 0.4) is 0 Å². The monoisotopic (exact) mass is 366 g/mol. The van der Waals surface area contributed by atoms with Crippen LogP contribution in [0.4, 0.5) is 0 Å². The van der Waals surface area contributed by atoms with Crippen LogP contribution in [-0.2, 0) is 4.79 Å². The predicted octanol–water partition coefficient (Wildman–Crippen LogP) is 5.30. The Morgan fingerprint density at radius 2 is 2.00 bits per heavy atom. The molecule has 0 heterocycles. The molecule has 0 aliphatic heterocycles. The van der Waals surface area contributed by atoms with Crippen molar-refractivity contribution in [3.63, 3.8) is 0 Å². The quantitative estimate of drug-likeness (QED) is 0.746. The van der Waals surface area contributed by atoms with Gasteiger partial charge >= 0.3 is 5.97 Å². The third-order valence-corrected chi connectivity index (χ3v) is 3.54. The molecule has 2 aromatic rings. The Bertz CT molecular complexity index is 711. The summed E-state index contributed by atoms with van der Waals surface area (Å²) in [5.74, 6) is 0.102. The van der Waals surface area contributed by atoms with E-state index in [4.69, 9.17) is 21.4 Å². The first-order valence-electron chi connectivity index (χ1n) is 6.10. The topological polar surface area (TPSA) is 46.5 Å². The fraction of sp³-hybridized carbons (Fsp3) is 0.0625. The standard InChI is InChI=1S/C16H12BrClO3/c1-10-2-6-14(13(17)8-10)21-15-9-12(18)5-3-11(15)4-7-16(19)20/h2-9H,1H3,(H,19,20)/b7-4+. The molecule has 0 radical (unpaired) electrons. The summed E-state index contributed by atoms with van der Waals surface area (Å²) in [6.45, 7) is 1.98. The molecule has 0 unspecified atom stereocenters. The van der Waals surface area contributed by atoms with E-state index in [1.807, 2.05) is 25.1 Å². The summed E-state index contributed by atoms with van der Waals surface area (Å²) < 4.78 is 6.65. The van der Waals surface area contributed by atoms with Gasteiger partial charge in [0.15, 0.2) is 0 Å². The van der Waals surface area contributed by atoms with Gasteiger partial charge in [-0.2, -0.15) is 0 Å². The van der Waals surface area contributed by atoms with Crippen molar-refractivity contribution < 1.29 is 14.6 Å². The number of ether oxygens (including phenoxy) is 1. The summed E-state index contributed by atoms with van der Waals surface area (Å²) >= 11 is 9.42. The van der Waals surface area contributed by atoms with Crippen LogP contribution in [0.15, 0.2) is 46.9 Å². The van der Waals surface area contributed by atoms with E-state index < -0.39 is 5.97 Å². The van der Waals surface area contributed by atoms with E-state index in [-0.39, 0.29) is 0 Å². The number of hydrogen-bond donors (Lipinski definition) is 1. The van der Waals surface area contributed by atoms with Gasteiger partial charge in [0.05, 0.1) is 4.47 Å². The van der Waals surface area contributed by atoms with Crippen molar-refractivity contribution in [3.8, 4) is 11.5 Å². The van der Waals surface area contributed by atoms with Crippen LogP contribution in [0.2, 0.25) is 5.02 Å². The van der Waals surface area contributed by atoms with E-state index in [1.54, 1.807) is 18.2 Å². The fourth-order valence-electron chi connectivity index (χ4n) is 1.70. The first-order valence-corrected chi connectivity index (χ1v) is 7.27. The second kappa shape index (κ2) is 6.78. The first-order chi connectivity index (χ1) is 9.95. The number of carboxylic acid groups (broad SMARTS) is 1. The number of carboxylic acids is 1. The minimum atomic E-state index is -1.02. The number of carbonyl (C=O) groups is 1. The third-order valence-electron chi connectivity index (χ3n) is 2.69. The second-order valence-electron chi connectivity index (χ2n) is 4.39. The first kappa shape index (κ1) is 15.6. The number of aryl methyl sites for hydroxylation is 1. The van der Waals surface area contributed by atoms with Crippen LogP contribution < -0.4 is 4.74 Å². The highest BCUT2D eigenvalue weighted by Gasteiger charge is 2.07. The van der Waals surface area contributed by atoms with Gasteiger partial charge in [0.25, 0.3) is 0 Å². The Hall–Kier alpha value is -1.78. The Kier molecular flexibility index (Phi) is 5.04. The molecule has 0 bridgehead atoms. The molecule has 2 aromatic carbocycles. The van der Waals surface area contributed by atoms with E-state index in [2.05, 4.69) is 15.9 Å². The predicted molar refractivity (Wildman–Crippen MR) is 87.1 cm³/mol. The second-order valence-corrected chi connectivity index (χ2v) is 5.68. The molecule has 0 spiro atoms. The molecule has 0 aromatic heterocycles.